The summed E-state index contributed by atoms with van der Waals surface area (Å²) in [6, 6.07) is 18.6. The maximum atomic E-state index is 4.72. The zero-order valence-corrected chi connectivity index (χ0v) is 17.0. The monoisotopic (exact) mass is 371 g/mol. The molecule has 0 aliphatic heterocycles. The molecule has 5 nitrogen and oxygen atoms in total. The van der Waals surface area contributed by atoms with Gasteiger partial charge in [0, 0.05) is 23.0 Å². The molecule has 4 aromatic rings. The van der Waals surface area contributed by atoms with Gasteiger partial charge in [0.1, 0.15) is 5.82 Å². The Morgan fingerprint density at radius 3 is 2.29 bits per heavy atom. The summed E-state index contributed by atoms with van der Waals surface area (Å²) in [5.74, 6) is 2.11. The number of aromatic nitrogens is 4. The number of hydrogen-bond acceptors (Lipinski definition) is 4. The van der Waals surface area contributed by atoms with E-state index in [1.54, 1.807) is 4.52 Å². The fourth-order valence-electron chi connectivity index (χ4n) is 3.17. The highest BCUT2D eigenvalue weighted by molar-refractivity contribution is 5.64. The summed E-state index contributed by atoms with van der Waals surface area (Å²) < 4.78 is 1.77. The van der Waals surface area contributed by atoms with E-state index >= 15 is 0 Å². The molecule has 0 saturated carbocycles. The molecule has 142 valence electrons. The van der Waals surface area contributed by atoms with E-state index in [0.717, 1.165) is 22.8 Å². The maximum Gasteiger partial charge on any atom is 0.254 e. The Labute approximate surface area is 165 Å². The quantitative estimate of drug-likeness (QED) is 0.520. The summed E-state index contributed by atoms with van der Waals surface area (Å²) in [5.41, 5.74) is 5.50. The molecule has 2 aromatic heterocycles. The largest absolute Gasteiger partial charge is 0.340 e. The molecule has 5 heteroatoms. The minimum atomic E-state index is 0.119. The average Bonchev–Trinajstić information content (AvgIpc) is 3.07. The van der Waals surface area contributed by atoms with Gasteiger partial charge in [-0.15, -0.1) is 5.10 Å². The predicted octanol–water partition coefficient (Wildman–Crippen LogP) is 5.45. The summed E-state index contributed by atoms with van der Waals surface area (Å²) in [5, 5.41) is 8.19. The van der Waals surface area contributed by atoms with Gasteiger partial charge < -0.3 is 5.32 Å². The van der Waals surface area contributed by atoms with Crippen LogP contribution in [0.2, 0.25) is 0 Å². The van der Waals surface area contributed by atoms with Crippen molar-refractivity contribution in [3.8, 4) is 11.4 Å². The topological polar surface area (TPSA) is 55.1 Å². The number of anilines is 2. The van der Waals surface area contributed by atoms with Gasteiger partial charge in [-0.05, 0) is 36.5 Å². The molecule has 2 aromatic carbocycles. The van der Waals surface area contributed by atoms with Gasteiger partial charge in [-0.25, -0.2) is 4.98 Å². The van der Waals surface area contributed by atoms with Crippen molar-refractivity contribution in [3.63, 3.8) is 0 Å². The van der Waals surface area contributed by atoms with Gasteiger partial charge in [0.2, 0.25) is 0 Å². The van der Waals surface area contributed by atoms with Crippen LogP contribution in [0.3, 0.4) is 0 Å². The fourth-order valence-corrected chi connectivity index (χ4v) is 3.17. The predicted molar refractivity (Wildman–Crippen MR) is 114 cm³/mol. The van der Waals surface area contributed by atoms with Crippen molar-refractivity contribution in [1.82, 2.24) is 19.6 Å². The minimum Gasteiger partial charge on any atom is -0.340 e. The average molecular weight is 371 g/mol. The molecule has 1 N–H and O–H groups in total. The van der Waals surface area contributed by atoms with Crippen LogP contribution in [0.1, 0.15) is 37.6 Å². The Morgan fingerprint density at radius 1 is 0.893 bits per heavy atom. The van der Waals surface area contributed by atoms with Crippen molar-refractivity contribution >= 4 is 17.3 Å². The highest BCUT2D eigenvalue weighted by Crippen LogP contribution is 2.26. The van der Waals surface area contributed by atoms with Crippen LogP contribution >= 0.6 is 0 Å². The first-order valence-electron chi connectivity index (χ1n) is 9.49. The second kappa shape index (κ2) is 6.75. The first-order chi connectivity index (χ1) is 13.3. The van der Waals surface area contributed by atoms with Crippen molar-refractivity contribution < 1.29 is 0 Å². The summed E-state index contributed by atoms with van der Waals surface area (Å²) >= 11 is 0. The Balaban J connectivity index is 1.76. The van der Waals surface area contributed by atoms with Crippen LogP contribution in [0.25, 0.3) is 17.2 Å². The molecule has 2 heterocycles. The Kier molecular flexibility index (Phi) is 4.38. The van der Waals surface area contributed by atoms with E-state index in [4.69, 9.17) is 5.10 Å². The van der Waals surface area contributed by atoms with Crippen LogP contribution < -0.4 is 5.32 Å². The van der Waals surface area contributed by atoms with Crippen LogP contribution in [0.4, 0.5) is 11.5 Å². The standard InChI is InChI=1S/C23H25N5/c1-15-8-6-7-9-19(15)25-20-14-16(2)24-22-26-21(27-28(20)22)17-10-12-18(13-11-17)23(3,4)5/h6-14,25H,1-5H3. The zero-order chi connectivity index (χ0) is 19.9. The van der Waals surface area contributed by atoms with Crippen LogP contribution in [-0.2, 0) is 5.41 Å². The lowest BCUT2D eigenvalue weighted by Gasteiger charge is -2.18. The van der Waals surface area contributed by atoms with E-state index in [0.29, 0.717) is 11.6 Å². The lowest BCUT2D eigenvalue weighted by atomic mass is 9.87. The van der Waals surface area contributed by atoms with E-state index in [1.807, 2.05) is 25.1 Å². The SMILES string of the molecule is Cc1cc(Nc2ccccc2C)n2nc(-c3ccc(C(C)(C)C)cc3)nc2n1. The number of para-hydroxylation sites is 1. The summed E-state index contributed by atoms with van der Waals surface area (Å²) in [6.07, 6.45) is 0. The lowest BCUT2D eigenvalue weighted by molar-refractivity contribution is 0.590. The van der Waals surface area contributed by atoms with Gasteiger partial charge in [0.15, 0.2) is 5.82 Å². The molecule has 0 fully saturated rings. The molecule has 0 atom stereocenters. The molecule has 0 saturated heterocycles. The van der Waals surface area contributed by atoms with Crippen molar-refractivity contribution in [3.05, 3.63) is 71.4 Å². The number of nitrogens with one attached hydrogen (secondary N) is 1. The van der Waals surface area contributed by atoms with Crippen molar-refractivity contribution in [2.24, 2.45) is 0 Å². The van der Waals surface area contributed by atoms with E-state index in [9.17, 15) is 0 Å². The minimum absolute atomic E-state index is 0.119. The second-order valence-electron chi connectivity index (χ2n) is 8.20. The normalized spacial score (nSPS) is 11.8. The molecule has 0 spiro atoms. The summed E-state index contributed by atoms with van der Waals surface area (Å²) in [6.45, 7) is 10.7. The number of fused-ring (bicyclic) bond motifs is 1. The zero-order valence-electron chi connectivity index (χ0n) is 17.0. The fraction of sp³-hybridized carbons (Fsp3) is 0.261. The molecule has 0 amide bonds. The highest BCUT2D eigenvalue weighted by Gasteiger charge is 2.15. The van der Waals surface area contributed by atoms with Crippen LogP contribution in [-0.4, -0.2) is 19.6 Å². The summed E-state index contributed by atoms with van der Waals surface area (Å²) in [7, 11) is 0. The second-order valence-corrected chi connectivity index (χ2v) is 8.20. The van der Waals surface area contributed by atoms with Gasteiger partial charge >= 0.3 is 0 Å². The van der Waals surface area contributed by atoms with E-state index in [-0.39, 0.29) is 5.41 Å². The molecular formula is C23H25N5. The van der Waals surface area contributed by atoms with Gasteiger partial charge in [0.25, 0.3) is 5.78 Å². The summed E-state index contributed by atoms with van der Waals surface area (Å²) in [4.78, 5) is 9.21. The number of rotatable bonds is 3. The number of hydrogen-bond donors (Lipinski definition) is 1. The van der Waals surface area contributed by atoms with E-state index in [2.05, 4.69) is 79.4 Å². The lowest BCUT2D eigenvalue weighted by Crippen LogP contribution is -2.10. The molecule has 28 heavy (non-hydrogen) atoms. The van der Waals surface area contributed by atoms with Gasteiger partial charge in [-0.3, -0.25) is 0 Å². The third-order valence-electron chi connectivity index (χ3n) is 4.86. The Bertz CT molecular complexity index is 1130. The smallest absolute Gasteiger partial charge is 0.254 e. The highest BCUT2D eigenvalue weighted by atomic mass is 15.4. The Morgan fingerprint density at radius 2 is 1.61 bits per heavy atom. The molecular weight excluding hydrogens is 346 g/mol. The first-order valence-corrected chi connectivity index (χ1v) is 9.49. The van der Waals surface area contributed by atoms with Crippen LogP contribution in [0.15, 0.2) is 54.6 Å². The third-order valence-corrected chi connectivity index (χ3v) is 4.86. The number of benzene rings is 2. The number of nitrogens with zero attached hydrogens (tertiary/aromatic N) is 4. The van der Waals surface area contributed by atoms with Gasteiger partial charge in [-0.1, -0.05) is 63.2 Å². The van der Waals surface area contributed by atoms with E-state index < -0.39 is 0 Å². The van der Waals surface area contributed by atoms with Gasteiger partial charge in [0.05, 0.1) is 0 Å². The third kappa shape index (κ3) is 3.48. The van der Waals surface area contributed by atoms with Crippen LogP contribution in [0.5, 0.6) is 0 Å². The molecule has 0 radical (unpaired) electrons. The maximum absolute atomic E-state index is 4.72. The molecule has 0 unspecified atom stereocenters. The van der Waals surface area contributed by atoms with Crippen molar-refractivity contribution in [1.29, 1.82) is 0 Å². The van der Waals surface area contributed by atoms with Crippen molar-refractivity contribution in [2.45, 2.75) is 40.0 Å². The molecule has 0 aliphatic rings. The van der Waals surface area contributed by atoms with Gasteiger partial charge in [-0.2, -0.15) is 9.50 Å². The molecule has 0 bridgehead atoms. The Hall–Kier alpha value is -3.21. The van der Waals surface area contributed by atoms with Crippen molar-refractivity contribution in [2.75, 3.05) is 5.32 Å². The van der Waals surface area contributed by atoms with Crippen LogP contribution in [0, 0.1) is 13.8 Å². The number of aryl methyl sites for hydroxylation is 2. The molecule has 4 rings (SSSR count). The van der Waals surface area contributed by atoms with E-state index in [1.165, 1.54) is 11.1 Å². The first kappa shape index (κ1) is 18.2. The molecule has 0 aliphatic carbocycles.